The van der Waals surface area contributed by atoms with Gasteiger partial charge in [-0.2, -0.15) is 15.6 Å². The number of halogens is 2. The summed E-state index contributed by atoms with van der Waals surface area (Å²) >= 11 is 5.53. The lowest BCUT2D eigenvalue weighted by Crippen LogP contribution is -1.97. The van der Waals surface area contributed by atoms with Gasteiger partial charge in [0.1, 0.15) is 12.1 Å². The molecule has 0 aliphatic rings. The molecule has 1 rings (SSSR count). The summed E-state index contributed by atoms with van der Waals surface area (Å²) in [4.78, 5) is 0. The Kier molecular flexibility index (Phi) is 4.53. The molecule has 0 atom stereocenters. The predicted octanol–water partition coefficient (Wildman–Crippen LogP) is 2.87. The van der Waals surface area contributed by atoms with E-state index in [0.717, 1.165) is 8.04 Å². The van der Waals surface area contributed by atoms with Crippen molar-refractivity contribution in [1.29, 1.82) is 10.5 Å². The van der Waals surface area contributed by atoms with Gasteiger partial charge in [0.05, 0.1) is 10.2 Å². The fourth-order valence-corrected chi connectivity index (χ4v) is 1.63. The fourth-order valence-electron chi connectivity index (χ4n) is 0.781. The average molecular weight is 375 g/mol. The van der Waals surface area contributed by atoms with Crippen molar-refractivity contribution >= 4 is 49.9 Å². The highest BCUT2D eigenvalue weighted by Crippen LogP contribution is 2.27. The van der Waals surface area contributed by atoms with Crippen LogP contribution in [0.5, 0.6) is 0 Å². The number of nitriles is 2. The molecule has 1 N–H and O–H groups in total. The van der Waals surface area contributed by atoms with E-state index in [4.69, 9.17) is 10.5 Å². The molecule has 0 aromatic heterocycles. The van der Waals surface area contributed by atoms with Gasteiger partial charge in [0, 0.05) is 3.57 Å². The van der Waals surface area contributed by atoms with Crippen LogP contribution < -0.4 is 5.43 Å². The van der Waals surface area contributed by atoms with E-state index in [1.807, 2.05) is 12.1 Å². The Labute approximate surface area is 109 Å². The molecule has 1 aromatic carbocycles. The predicted molar refractivity (Wildman–Crippen MR) is 69.1 cm³/mol. The van der Waals surface area contributed by atoms with Gasteiger partial charge in [-0.05, 0) is 50.7 Å². The van der Waals surface area contributed by atoms with Gasteiger partial charge >= 0.3 is 0 Å². The Bertz CT molecular complexity index is 468. The van der Waals surface area contributed by atoms with Crippen molar-refractivity contribution in [2.75, 3.05) is 5.43 Å². The van der Waals surface area contributed by atoms with E-state index in [2.05, 4.69) is 49.0 Å². The summed E-state index contributed by atoms with van der Waals surface area (Å²) in [6.45, 7) is 0. The summed E-state index contributed by atoms with van der Waals surface area (Å²) < 4.78 is 1.87. The molecular weight excluding hydrogens is 371 g/mol. The molecule has 0 aliphatic heterocycles. The van der Waals surface area contributed by atoms with Crippen molar-refractivity contribution in [3.63, 3.8) is 0 Å². The number of hydrogen-bond acceptors (Lipinski definition) is 4. The zero-order valence-electron chi connectivity index (χ0n) is 7.33. The number of hydrazone groups is 1. The zero-order chi connectivity index (χ0) is 11.3. The molecule has 0 radical (unpaired) electrons. The van der Waals surface area contributed by atoms with Crippen LogP contribution in [0.4, 0.5) is 5.69 Å². The SMILES string of the molecule is N#CC(C#N)=NNc1cccc(I)c1Br. The van der Waals surface area contributed by atoms with E-state index < -0.39 is 0 Å². The van der Waals surface area contributed by atoms with Crippen LogP contribution in [0.1, 0.15) is 0 Å². The number of benzene rings is 1. The molecule has 0 heterocycles. The van der Waals surface area contributed by atoms with Crippen LogP contribution in [-0.2, 0) is 0 Å². The molecule has 0 bridgehead atoms. The minimum Gasteiger partial charge on any atom is -0.275 e. The largest absolute Gasteiger partial charge is 0.275 e. The van der Waals surface area contributed by atoms with Crippen molar-refractivity contribution in [3.05, 3.63) is 26.2 Å². The minimum atomic E-state index is -0.208. The second-order valence-electron chi connectivity index (χ2n) is 2.40. The van der Waals surface area contributed by atoms with Crippen LogP contribution >= 0.6 is 38.5 Å². The van der Waals surface area contributed by atoms with E-state index in [-0.39, 0.29) is 5.71 Å². The molecular formula is C9H4BrIN4. The van der Waals surface area contributed by atoms with Gasteiger partial charge in [-0.1, -0.05) is 6.07 Å². The highest BCUT2D eigenvalue weighted by atomic mass is 127. The molecule has 15 heavy (non-hydrogen) atoms. The molecule has 4 nitrogen and oxygen atoms in total. The van der Waals surface area contributed by atoms with Crippen LogP contribution in [0.3, 0.4) is 0 Å². The first-order valence-electron chi connectivity index (χ1n) is 3.77. The second-order valence-corrected chi connectivity index (χ2v) is 4.35. The van der Waals surface area contributed by atoms with Gasteiger partial charge in [-0.15, -0.1) is 0 Å². The highest BCUT2D eigenvalue weighted by Gasteiger charge is 2.02. The van der Waals surface area contributed by atoms with Crippen molar-refractivity contribution in [2.24, 2.45) is 5.10 Å². The summed E-state index contributed by atoms with van der Waals surface area (Å²) in [5, 5.41) is 20.6. The maximum absolute atomic E-state index is 8.47. The Hall–Kier alpha value is -1.12. The van der Waals surface area contributed by atoms with Gasteiger partial charge < -0.3 is 0 Å². The number of hydrogen-bond donors (Lipinski definition) is 1. The summed E-state index contributed by atoms with van der Waals surface area (Å²) in [6.07, 6.45) is 0. The van der Waals surface area contributed by atoms with Crippen molar-refractivity contribution in [2.45, 2.75) is 0 Å². The highest BCUT2D eigenvalue weighted by molar-refractivity contribution is 14.1. The molecule has 0 unspecified atom stereocenters. The lowest BCUT2D eigenvalue weighted by atomic mass is 10.3. The maximum atomic E-state index is 8.47. The Balaban J connectivity index is 2.93. The van der Waals surface area contributed by atoms with Gasteiger partial charge in [-0.3, -0.25) is 5.43 Å². The molecule has 0 saturated heterocycles. The monoisotopic (exact) mass is 374 g/mol. The zero-order valence-corrected chi connectivity index (χ0v) is 11.1. The van der Waals surface area contributed by atoms with Gasteiger partial charge in [-0.25, -0.2) is 0 Å². The normalized spacial score (nSPS) is 8.53. The third-order valence-corrected chi connectivity index (χ3v) is 3.95. The molecule has 0 spiro atoms. The lowest BCUT2D eigenvalue weighted by Gasteiger charge is -2.04. The van der Waals surface area contributed by atoms with E-state index in [1.165, 1.54) is 0 Å². The van der Waals surface area contributed by atoms with Crippen molar-refractivity contribution < 1.29 is 0 Å². The third-order valence-electron chi connectivity index (χ3n) is 1.45. The number of anilines is 1. The minimum absolute atomic E-state index is 0.208. The van der Waals surface area contributed by atoms with E-state index >= 15 is 0 Å². The first-order valence-corrected chi connectivity index (χ1v) is 5.64. The number of rotatable bonds is 2. The second kappa shape index (κ2) is 5.69. The summed E-state index contributed by atoms with van der Waals surface area (Å²) in [6, 6.07) is 8.90. The standard InChI is InChI=1S/C9H4BrIN4/c10-9-7(11)2-1-3-8(9)15-14-6(4-12)5-13/h1-3,15H. The molecule has 1 aromatic rings. The summed E-state index contributed by atoms with van der Waals surface area (Å²) in [7, 11) is 0. The third kappa shape index (κ3) is 3.18. The van der Waals surface area contributed by atoms with E-state index in [0.29, 0.717) is 5.69 Å². The number of nitrogens with one attached hydrogen (secondary N) is 1. The molecule has 74 valence electrons. The summed E-state index contributed by atoms with van der Waals surface area (Å²) in [5.74, 6) is 0. The maximum Gasteiger partial charge on any atom is 0.237 e. The van der Waals surface area contributed by atoms with E-state index in [9.17, 15) is 0 Å². The first kappa shape index (κ1) is 12.0. The molecule has 0 amide bonds. The van der Waals surface area contributed by atoms with Crippen molar-refractivity contribution in [3.8, 4) is 12.1 Å². The smallest absolute Gasteiger partial charge is 0.237 e. The molecule has 0 saturated carbocycles. The van der Waals surface area contributed by atoms with Crippen LogP contribution in [0, 0.1) is 26.2 Å². The van der Waals surface area contributed by atoms with Crippen LogP contribution in [0.25, 0.3) is 0 Å². The quantitative estimate of drug-likeness (QED) is 0.491. The van der Waals surface area contributed by atoms with Gasteiger partial charge in [0.15, 0.2) is 0 Å². The number of nitrogens with zero attached hydrogens (tertiary/aromatic N) is 3. The molecule has 0 aliphatic carbocycles. The van der Waals surface area contributed by atoms with Gasteiger partial charge in [0.25, 0.3) is 0 Å². The fraction of sp³-hybridized carbons (Fsp3) is 0. The van der Waals surface area contributed by atoms with Crippen LogP contribution in [0.2, 0.25) is 0 Å². The lowest BCUT2D eigenvalue weighted by molar-refractivity contribution is 1.32. The van der Waals surface area contributed by atoms with Gasteiger partial charge in [0.2, 0.25) is 5.71 Å². The van der Waals surface area contributed by atoms with Crippen molar-refractivity contribution in [1.82, 2.24) is 0 Å². The summed E-state index contributed by atoms with van der Waals surface area (Å²) in [5.41, 5.74) is 3.15. The van der Waals surface area contributed by atoms with E-state index in [1.54, 1.807) is 18.2 Å². The average Bonchev–Trinajstić information content (AvgIpc) is 2.25. The Morgan fingerprint density at radius 2 is 2.07 bits per heavy atom. The van der Waals surface area contributed by atoms with Crippen LogP contribution in [-0.4, -0.2) is 5.71 Å². The molecule has 0 fully saturated rings. The Morgan fingerprint density at radius 1 is 1.40 bits per heavy atom. The first-order chi connectivity index (χ1) is 7.19. The Morgan fingerprint density at radius 3 is 2.67 bits per heavy atom. The molecule has 6 heteroatoms. The topological polar surface area (TPSA) is 72.0 Å². The van der Waals surface area contributed by atoms with Crippen LogP contribution in [0.15, 0.2) is 27.8 Å².